The molecule has 2 N–H and O–H groups in total. The molecule has 3 nitrogen and oxygen atoms in total. The summed E-state index contributed by atoms with van der Waals surface area (Å²) in [6.45, 7) is 10.2. The van der Waals surface area contributed by atoms with Crippen molar-refractivity contribution in [1.82, 2.24) is 0 Å². The number of benzene rings is 1. The van der Waals surface area contributed by atoms with Crippen LogP contribution in [0, 0.1) is 5.41 Å². The zero-order chi connectivity index (χ0) is 17.5. The van der Waals surface area contributed by atoms with E-state index in [1.165, 1.54) is 12.8 Å². The van der Waals surface area contributed by atoms with Crippen LogP contribution in [-0.2, 0) is 9.53 Å². The summed E-state index contributed by atoms with van der Waals surface area (Å²) < 4.78 is 5.73. The molecule has 0 amide bonds. The van der Waals surface area contributed by atoms with Crippen LogP contribution >= 0.6 is 0 Å². The van der Waals surface area contributed by atoms with E-state index in [0.29, 0.717) is 0 Å². The molecule has 1 aliphatic carbocycles. The van der Waals surface area contributed by atoms with Gasteiger partial charge in [-0.15, -0.1) is 0 Å². The summed E-state index contributed by atoms with van der Waals surface area (Å²) in [4.78, 5) is 12.2. The molecule has 130 valence electrons. The molecule has 0 aliphatic heterocycles. The van der Waals surface area contributed by atoms with Gasteiger partial charge in [0.05, 0.1) is 5.41 Å². The first-order valence-electron chi connectivity index (χ1n) is 8.92. The highest BCUT2D eigenvalue weighted by Gasteiger charge is 2.33. The van der Waals surface area contributed by atoms with Crippen molar-refractivity contribution >= 4 is 5.97 Å². The SMILES string of the molecule is CCC(C)(C)C(=O)OC1CCC(N)c2ccccc21.CCCC. The maximum Gasteiger partial charge on any atom is 0.312 e. The van der Waals surface area contributed by atoms with Gasteiger partial charge in [-0.25, -0.2) is 0 Å². The number of carbonyl (C=O) groups is 1. The zero-order valence-electron chi connectivity index (χ0n) is 15.4. The van der Waals surface area contributed by atoms with Crippen LogP contribution in [0.15, 0.2) is 24.3 Å². The van der Waals surface area contributed by atoms with Gasteiger partial charge in [0.2, 0.25) is 0 Å². The topological polar surface area (TPSA) is 52.3 Å². The summed E-state index contributed by atoms with van der Waals surface area (Å²) >= 11 is 0. The molecule has 3 heteroatoms. The van der Waals surface area contributed by atoms with Crippen molar-refractivity contribution in [3.63, 3.8) is 0 Å². The number of unbranched alkanes of at least 4 members (excludes halogenated alkanes) is 1. The first-order chi connectivity index (χ1) is 10.9. The van der Waals surface area contributed by atoms with E-state index < -0.39 is 5.41 Å². The van der Waals surface area contributed by atoms with Crippen LogP contribution in [0.3, 0.4) is 0 Å². The average molecular weight is 319 g/mol. The summed E-state index contributed by atoms with van der Waals surface area (Å²) in [5.41, 5.74) is 7.87. The normalized spacial score (nSPS) is 20.1. The van der Waals surface area contributed by atoms with Gasteiger partial charge in [-0.05, 0) is 44.2 Å². The molecule has 2 atom stereocenters. The van der Waals surface area contributed by atoms with E-state index in [2.05, 4.69) is 13.8 Å². The third-order valence-corrected chi connectivity index (χ3v) is 4.67. The average Bonchev–Trinajstić information content (AvgIpc) is 2.57. The molecule has 23 heavy (non-hydrogen) atoms. The Morgan fingerprint density at radius 2 is 1.70 bits per heavy atom. The Morgan fingerprint density at radius 1 is 1.13 bits per heavy atom. The van der Waals surface area contributed by atoms with Crippen molar-refractivity contribution in [2.45, 2.75) is 78.9 Å². The summed E-state index contributed by atoms with van der Waals surface area (Å²) in [7, 11) is 0. The first kappa shape index (κ1) is 19.7. The van der Waals surface area contributed by atoms with Crippen molar-refractivity contribution in [2.24, 2.45) is 11.1 Å². The van der Waals surface area contributed by atoms with Gasteiger partial charge in [0, 0.05) is 6.04 Å². The Balaban J connectivity index is 0.000000593. The second-order valence-electron chi connectivity index (χ2n) is 6.94. The molecular formula is C20H33NO2. The van der Waals surface area contributed by atoms with Crippen LogP contribution in [0.4, 0.5) is 0 Å². The van der Waals surface area contributed by atoms with Crippen LogP contribution in [0.1, 0.15) is 90.0 Å². The van der Waals surface area contributed by atoms with E-state index in [1.807, 2.05) is 45.0 Å². The van der Waals surface area contributed by atoms with Crippen LogP contribution in [0.5, 0.6) is 0 Å². The predicted octanol–water partition coefficient (Wildman–Crippen LogP) is 5.31. The fourth-order valence-electron chi connectivity index (χ4n) is 2.34. The minimum atomic E-state index is -0.422. The third-order valence-electron chi connectivity index (χ3n) is 4.67. The van der Waals surface area contributed by atoms with Gasteiger partial charge in [-0.3, -0.25) is 4.79 Å². The second kappa shape index (κ2) is 9.07. The van der Waals surface area contributed by atoms with Gasteiger partial charge in [-0.2, -0.15) is 0 Å². The van der Waals surface area contributed by atoms with E-state index >= 15 is 0 Å². The minimum absolute atomic E-state index is 0.0605. The summed E-state index contributed by atoms with van der Waals surface area (Å²) in [5.74, 6) is -0.120. The number of hydrogen-bond donors (Lipinski definition) is 1. The van der Waals surface area contributed by atoms with Crippen LogP contribution in [0.2, 0.25) is 0 Å². The lowest BCUT2D eigenvalue weighted by Crippen LogP contribution is -2.30. The Bertz CT molecular complexity index is 494. The standard InChI is InChI=1S/C16H23NO2.C4H10/c1-4-16(2,3)15(18)19-14-10-9-13(17)11-7-5-6-8-12(11)14;1-3-4-2/h5-8,13-14H,4,9-10,17H2,1-3H3;3-4H2,1-2H3. The van der Waals surface area contributed by atoms with Gasteiger partial charge in [-0.1, -0.05) is 57.9 Å². The van der Waals surface area contributed by atoms with E-state index in [4.69, 9.17) is 10.5 Å². The largest absolute Gasteiger partial charge is 0.457 e. The van der Waals surface area contributed by atoms with E-state index in [-0.39, 0.29) is 18.1 Å². The molecule has 0 heterocycles. The Kier molecular flexibility index (Phi) is 7.77. The van der Waals surface area contributed by atoms with E-state index in [0.717, 1.165) is 30.4 Å². The Morgan fingerprint density at radius 3 is 2.22 bits per heavy atom. The van der Waals surface area contributed by atoms with Gasteiger partial charge in [0.25, 0.3) is 0 Å². The highest BCUT2D eigenvalue weighted by atomic mass is 16.5. The lowest BCUT2D eigenvalue weighted by Gasteiger charge is -2.31. The Labute approximate surface area is 141 Å². The van der Waals surface area contributed by atoms with Crippen LogP contribution in [0.25, 0.3) is 0 Å². The number of rotatable bonds is 4. The van der Waals surface area contributed by atoms with Gasteiger partial charge in [0.1, 0.15) is 6.10 Å². The molecule has 2 unspecified atom stereocenters. The molecule has 0 saturated carbocycles. The second-order valence-corrected chi connectivity index (χ2v) is 6.94. The van der Waals surface area contributed by atoms with Crippen molar-refractivity contribution < 1.29 is 9.53 Å². The zero-order valence-corrected chi connectivity index (χ0v) is 15.4. The van der Waals surface area contributed by atoms with Crippen LogP contribution < -0.4 is 5.73 Å². The lowest BCUT2D eigenvalue weighted by molar-refractivity contribution is -0.161. The van der Waals surface area contributed by atoms with Gasteiger partial charge < -0.3 is 10.5 Å². The smallest absolute Gasteiger partial charge is 0.312 e. The summed E-state index contributed by atoms with van der Waals surface area (Å²) in [6.07, 6.45) is 4.94. The molecule has 0 bridgehead atoms. The van der Waals surface area contributed by atoms with Gasteiger partial charge in [0.15, 0.2) is 0 Å². The molecule has 1 aromatic rings. The fraction of sp³-hybridized carbons (Fsp3) is 0.650. The molecular weight excluding hydrogens is 286 g/mol. The lowest BCUT2D eigenvalue weighted by atomic mass is 9.85. The maximum atomic E-state index is 12.2. The molecule has 1 aromatic carbocycles. The quantitative estimate of drug-likeness (QED) is 0.765. The first-order valence-corrected chi connectivity index (χ1v) is 8.92. The number of hydrogen-bond acceptors (Lipinski definition) is 3. The monoisotopic (exact) mass is 319 g/mol. The summed E-state index contributed by atoms with van der Waals surface area (Å²) in [6, 6.07) is 8.07. The third kappa shape index (κ3) is 5.35. The molecule has 0 aromatic heterocycles. The molecule has 0 radical (unpaired) electrons. The van der Waals surface area contributed by atoms with Crippen molar-refractivity contribution in [3.05, 3.63) is 35.4 Å². The molecule has 1 aliphatic rings. The van der Waals surface area contributed by atoms with Crippen molar-refractivity contribution in [3.8, 4) is 0 Å². The fourth-order valence-corrected chi connectivity index (χ4v) is 2.34. The predicted molar refractivity (Wildman–Crippen MR) is 96.1 cm³/mol. The number of esters is 1. The van der Waals surface area contributed by atoms with Gasteiger partial charge >= 0.3 is 5.97 Å². The van der Waals surface area contributed by atoms with Crippen molar-refractivity contribution in [1.29, 1.82) is 0 Å². The minimum Gasteiger partial charge on any atom is -0.457 e. The van der Waals surface area contributed by atoms with E-state index in [1.54, 1.807) is 0 Å². The number of nitrogens with two attached hydrogens (primary N) is 1. The highest BCUT2D eigenvalue weighted by Crippen LogP contribution is 2.38. The molecule has 2 rings (SSSR count). The number of fused-ring (bicyclic) bond motifs is 1. The van der Waals surface area contributed by atoms with Crippen molar-refractivity contribution in [2.75, 3.05) is 0 Å². The molecule has 0 spiro atoms. The summed E-state index contributed by atoms with van der Waals surface area (Å²) in [5, 5.41) is 0. The molecule has 0 saturated heterocycles. The van der Waals surface area contributed by atoms with Crippen LogP contribution in [-0.4, -0.2) is 5.97 Å². The Hall–Kier alpha value is -1.35. The molecule has 0 fully saturated rings. The van der Waals surface area contributed by atoms with E-state index in [9.17, 15) is 4.79 Å². The number of ether oxygens (including phenoxy) is 1. The maximum absolute atomic E-state index is 12.2. The number of carbonyl (C=O) groups excluding carboxylic acids is 1. The highest BCUT2D eigenvalue weighted by molar-refractivity contribution is 5.76.